The number of benzene rings is 3. The number of anilines is 1. The average Bonchev–Trinajstić information content (AvgIpc) is 2.68. The molecule has 0 saturated carbocycles. The van der Waals surface area contributed by atoms with E-state index in [1.807, 2.05) is 24.3 Å². The monoisotopic (exact) mass is 369 g/mol. The topological polar surface area (TPSA) is 47.6 Å². The van der Waals surface area contributed by atoms with Crippen LogP contribution in [0, 0.1) is 11.6 Å². The van der Waals surface area contributed by atoms with Gasteiger partial charge in [0.2, 0.25) is 0 Å². The summed E-state index contributed by atoms with van der Waals surface area (Å²) in [5.41, 5.74) is 1.82. The third-order valence-corrected chi connectivity index (χ3v) is 4.03. The smallest absolute Gasteiger partial charge is 0.258 e. The third kappa shape index (κ3) is 4.06. The van der Waals surface area contributed by atoms with E-state index in [4.69, 9.17) is 9.47 Å². The molecule has 0 aromatic heterocycles. The summed E-state index contributed by atoms with van der Waals surface area (Å²) in [6.07, 6.45) is 0. The van der Waals surface area contributed by atoms with Gasteiger partial charge in [0.1, 0.15) is 23.1 Å². The fraction of sp³-hybridized carbons (Fsp3) is 0.0952. The van der Waals surface area contributed by atoms with Crippen LogP contribution in [0.2, 0.25) is 0 Å². The maximum absolute atomic E-state index is 13.8. The lowest BCUT2D eigenvalue weighted by Crippen LogP contribution is -2.14. The van der Waals surface area contributed by atoms with Gasteiger partial charge in [-0.15, -0.1) is 0 Å². The van der Waals surface area contributed by atoms with Crippen LogP contribution < -0.4 is 14.8 Å². The van der Waals surface area contributed by atoms with E-state index >= 15 is 0 Å². The van der Waals surface area contributed by atoms with Gasteiger partial charge in [-0.3, -0.25) is 4.79 Å². The van der Waals surface area contributed by atoms with Crippen molar-refractivity contribution in [3.05, 3.63) is 77.9 Å². The van der Waals surface area contributed by atoms with E-state index in [2.05, 4.69) is 5.32 Å². The van der Waals surface area contributed by atoms with Crippen molar-refractivity contribution >= 4 is 11.6 Å². The van der Waals surface area contributed by atoms with E-state index in [-0.39, 0.29) is 5.56 Å². The lowest BCUT2D eigenvalue weighted by atomic mass is 10.0. The molecule has 0 spiro atoms. The molecule has 4 nitrogen and oxygen atoms in total. The first-order chi connectivity index (χ1) is 13.0. The van der Waals surface area contributed by atoms with Crippen molar-refractivity contribution < 1.29 is 23.0 Å². The summed E-state index contributed by atoms with van der Waals surface area (Å²) in [5.74, 6) is -0.995. The highest BCUT2D eigenvalue weighted by Gasteiger charge is 2.14. The zero-order chi connectivity index (χ0) is 19.4. The first-order valence-electron chi connectivity index (χ1n) is 8.10. The summed E-state index contributed by atoms with van der Waals surface area (Å²) in [6, 6.07) is 15.2. The maximum Gasteiger partial charge on any atom is 0.258 e. The fourth-order valence-corrected chi connectivity index (χ4v) is 2.65. The van der Waals surface area contributed by atoms with Crippen LogP contribution in [0.1, 0.15) is 10.4 Å². The number of ether oxygens (including phenoxy) is 2. The van der Waals surface area contributed by atoms with Crippen LogP contribution in [0.15, 0.2) is 60.7 Å². The number of rotatable bonds is 5. The Morgan fingerprint density at radius 2 is 1.63 bits per heavy atom. The molecule has 0 radical (unpaired) electrons. The van der Waals surface area contributed by atoms with Gasteiger partial charge < -0.3 is 14.8 Å². The summed E-state index contributed by atoms with van der Waals surface area (Å²) in [5, 5.41) is 2.62. The molecule has 27 heavy (non-hydrogen) atoms. The second kappa shape index (κ2) is 7.86. The standard InChI is InChI=1S/C21H17F2NO3/c1-26-16-7-3-13(4-8-16)18-12-15(6-10-20(18)27-2)24-21(25)17-9-5-14(22)11-19(17)23/h3-12H,1-2H3,(H,24,25). The number of carbonyl (C=O) groups excluding carboxylic acids is 1. The second-order valence-electron chi connectivity index (χ2n) is 5.72. The van der Waals surface area contributed by atoms with Crippen LogP contribution in [0.3, 0.4) is 0 Å². The molecule has 0 unspecified atom stereocenters. The van der Waals surface area contributed by atoms with Crippen molar-refractivity contribution in [2.75, 3.05) is 19.5 Å². The first-order valence-corrected chi connectivity index (χ1v) is 8.10. The lowest BCUT2D eigenvalue weighted by Gasteiger charge is -2.13. The minimum absolute atomic E-state index is 0.238. The molecule has 1 N–H and O–H groups in total. The van der Waals surface area contributed by atoms with Crippen LogP contribution in [0.25, 0.3) is 11.1 Å². The Bertz CT molecular complexity index is 972. The predicted octanol–water partition coefficient (Wildman–Crippen LogP) is 4.90. The van der Waals surface area contributed by atoms with Crippen molar-refractivity contribution in [3.8, 4) is 22.6 Å². The zero-order valence-electron chi connectivity index (χ0n) is 14.8. The van der Waals surface area contributed by atoms with E-state index in [9.17, 15) is 13.6 Å². The summed E-state index contributed by atoms with van der Waals surface area (Å²) >= 11 is 0. The Hall–Kier alpha value is -3.41. The first kappa shape index (κ1) is 18.4. The highest BCUT2D eigenvalue weighted by molar-refractivity contribution is 6.04. The van der Waals surface area contributed by atoms with Crippen LogP contribution in [-0.2, 0) is 0 Å². The van der Waals surface area contributed by atoms with Gasteiger partial charge >= 0.3 is 0 Å². The van der Waals surface area contributed by atoms with E-state index in [1.165, 1.54) is 0 Å². The molecule has 1 amide bonds. The van der Waals surface area contributed by atoms with Gasteiger partial charge in [0.15, 0.2) is 0 Å². The van der Waals surface area contributed by atoms with Gasteiger partial charge in [-0.25, -0.2) is 8.78 Å². The van der Waals surface area contributed by atoms with Crippen LogP contribution in [-0.4, -0.2) is 20.1 Å². The molecule has 0 fully saturated rings. The quantitative estimate of drug-likeness (QED) is 0.696. The number of amides is 1. The highest BCUT2D eigenvalue weighted by Crippen LogP contribution is 2.33. The molecule has 3 rings (SSSR count). The predicted molar refractivity (Wildman–Crippen MR) is 99.3 cm³/mol. The van der Waals surface area contributed by atoms with Gasteiger partial charge in [0.25, 0.3) is 5.91 Å². The maximum atomic E-state index is 13.8. The van der Waals surface area contributed by atoms with Gasteiger partial charge in [-0.2, -0.15) is 0 Å². The molecule has 0 aliphatic carbocycles. The average molecular weight is 369 g/mol. The molecule has 6 heteroatoms. The van der Waals surface area contributed by atoms with E-state index in [1.54, 1.807) is 32.4 Å². The molecule has 3 aromatic rings. The SMILES string of the molecule is COc1ccc(-c2cc(NC(=O)c3ccc(F)cc3F)ccc2OC)cc1. The number of carbonyl (C=O) groups is 1. The normalized spacial score (nSPS) is 10.4. The molecule has 0 saturated heterocycles. The van der Waals surface area contributed by atoms with Crippen LogP contribution >= 0.6 is 0 Å². The van der Waals surface area contributed by atoms with E-state index < -0.39 is 17.5 Å². The minimum atomic E-state index is -0.920. The number of nitrogens with one attached hydrogen (secondary N) is 1. The Labute approximate surface area is 155 Å². The molecule has 0 bridgehead atoms. The molecule has 0 aliphatic heterocycles. The second-order valence-corrected chi connectivity index (χ2v) is 5.72. The van der Waals surface area contributed by atoms with Crippen molar-refractivity contribution in [1.29, 1.82) is 0 Å². The lowest BCUT2D eigenvalue weighted by molar-refractivity contribution is 0.102. The Morgan fingerprint density at radius 1 is 0.889 bits per heavy atom. The molecule has 138 valence electrons. The van der Waals surface area contributed by atoms with Crippen molar-refractivity contribution in [3.63, 3.8) is 0 Å². The summed E-state index contributed by atoms with van der Waals surface area (Å²) in [7, 11) is 3.13. The molecule has 3 aromatic carbocycles. The van der Waals surface area contributed by atoms with Crippen LogP contribution in [0.5, 0.6) is 11.5 Å². The number of halogens is 2. The highest BCUT2D eigenvalue weighted by atomic mass is 19.1. The Morgan fingerprint density at radius 3 is 2.26 bits per heavy atom. The van der Waals surface area contributed by atoms with Gasteiger partial charge in [0, 0.05) is 17.3 Å². The zero-order valence-corrected chi connectivity index (χ0v) is 14.8. The van der Waals surface area contributed by atoms with Crippen molar-refractivity contribution in [2.45, 2.75) is 0 Å². The number of hydrogen-bond donors (Lipinski definition) is 1. The van der Waals surface area contributed by atoms with Crippen LogP contribution in [0.4, 0.5) is 14.5 Å². The number of methoxy groups -OCH3 is 2. The van der Waals surface area contributed by atoms with Crippen molar-refractivity contribution in [2.24, 2.45) is 0 Å². The summed E-state index contributed by atoms with van der Waals surface area (Å²) in [6.45, 7) is 0. The summed E-state index contributed by atoms with van der Waals surface area (Å²) < 4.78 is 37.4. The van der Waals surface area contributed by atoms with E-state index in [0.29, 0.717) is 23.3 Å². The Kier molecular flexibility index (Phi) is 5.35. The molecular formula is C21H17F2NO3. The molecule has 0 atom stereocenters. The minimum Gasteiger partial charge on any atom is -0.497 e. The van der Waals surface area contributed by atoms with Gasteiger partial charge in [-0.1, -0.05) is 12.1 Å². The number of hydrogen-bond acceptors (Lipinski definition) is 3. The molecule has 0 aliphatic rings. The fourth-order valence-electron chi connectivity index (χ4n) is 2.65. The molecule has 0 heterocycles. The molecular weight excluding hydrogens is 352 g/mol. The van der Waals surface area contributed by atoms with Crippen molar-refractivity contribution in [1.82, 2.24) is 0 Å². The van der Waals surface area contributed by atoms with E-state index in [0.717, 1.165) is 23.3 Å². The van der Waals surface area contributed by atoms with Gasteiger partial charge in [0.05, 0.1) is 19.8 Å². The summed E-state index contributed by atoms with van der Waals surface area (Å²) in [4.78, 5) is 12.3. The Balaban J connectivity index is 1.91. The largest absolute Gasteiger partial charge is 0.497 e. The third-order valence-electron chi connectivity index (χ3n) is 4.03. The van der Waals surface area contributed by atoms with Gasteiger partial charge in [-0.05, 0) is 48.0 Å².